The molecule has 1 aliphatic heterocycles. The second-order valence-corrected chi connectivity index (χ2v) is 7.39. The second kappa shape index (κ2) is 7.58. The van der Waals surface area contributed by atoms with E-state index in [1.165, 1.54) is 11.3 Å². The summed E-state index contributed by atoms with van der Waals surface area (Å²) in [5.41, 5.74) is 5.82. The first-order valence-corrected chi connectivity index (χ1v) is 9.82. The van der Waals surface area contributed by atoms with Crippen LogP contribution in [-0.2, 0) is 19.3 Å². The second-order valence-electron chi connectivity index (χ2n) is 7.39. The molecule has 7 nitrogen and oxygen atoms in total. The van der Waals surface area contributed by atoms with Gasteiger partial charge >= 0.3 is 6.03 Å². The van der Waals surface area contributed by atoms with Gasteiger partial charge in [0.05, 0.1) is 0 Å². The van der Waals surface area contributed by atoms with Crippen molar-refractivity contribution in [3.05, 3.63) is 52.1 Å². The monoisotopic (exact) mass is 379 g/mol. The average Bonchev–Trinajstić information content (AvgIpc) is 3.31. The molecular formula is C21H25N5O2. The Morgan fingerprint density at radius 2 is 2.11 bits per heavy atom. The van der Waals surface area contributed by atoms with Gasteiger partial charge in [-0.3, -0.25) is 9.69 Å². The summed E-state index contributed by atoms with van der Waals surface area (Å²) in [6.45, 7) is 5.69. The number of benzene rings is 1. The molecule has 1 aliphatic carbocycles. The Labute approximate surface area is 164 Å². The van der Waals surface area contributed by atoms with Gasteiger partial charge in [-0.15, -0.1) is 0 Å². The van der Waals surface area contributed by atoms with Crippen molar-refractivity contribution in [1.29, 1.82) is 0 Å². The number of amides is 3. The molecule has 2 aliphatic rings. The largest absolute Gasteiger partial charge is 0.352 e. The van der Waals surface area contributed by atoms with E-state index in [0.29, 0.717) is 31.6 Å². The lowest BCUT2D eigenvalue weighted by Crippen LogP contribution is -2.29. The maximum atomic E-state index is 12.6. The summed E-state index contributed by atoms with van der Waals surface area (Å²) in [5.74, 6) is 0.635. The van der Waals surface area contributed by atoms with Gasteiger partial charge in [0.15, 0.2) is 0 Å². The van der Waals surface area contributed by atoms with Gasteiger partial charge in [-0.25, -0.2) is 14.8 Å². The molecule has 1 fully saturated rings. The lowest BCUT2D eigenvalue weighted by Gasteiger charge is -2.18. The zero-order chi connectivity index (χ0) is 19.7. The van der Waals surface area contributed by atoms with Gasteiger partial charge in [-0.05, 0) is 56.4 Å². The topological polar surface area (TPSA) is 87.2 Å². The van der Waals surface area contributed by atoms with Crippen LogP contribution in [0.1, 0.15) is 45.1 Å². The molecule has 3 amide bonds. The van der Waals surface area contributed by atoms with Crippen molar-refractivity contribution < 1.29 is 9.59 Å². The van der Waals surface area contributed by atoms with Crippen LogP contribution in [0.5, 0.6) is 0 Å². The standard InChI is InChI=1S/C21H25N5O2/c1-13-6-7-15(12-18(13)26-11-10-23-21(26)28)20(27)22-9-8-19-24-14(2)16-4-3-5-17(16)25-19/h6-7,12H,3-5,8-11H2,1-2H3,(H,22,27)(H,23,28). The number of fused-ring (bicyclic) bond motifs is 1. The summed E-state index contributed by atoms with van der Waals surface area (Å²) in [7, 11) is 0. The number of carbonyl (C=O) groups is 2. The number of nitrogens with one attached hydrogen (secondary N) is 2. The zero-order valence-corrected chi connectivity index (χ0v) is 16.3. The summed E-state index contributed by atoms with van der Waals surface area (Å²) >= 11 is 0. The number of urea groups is 1. The van der Waals surface area contributed by atoms with E-state index in [1.54, 1.807) is 17.0 Å². The summed E-state index contributed by atoms with van der Waals surface area (Å²) < 4.78 is 0. The summed E-state index contributed by atoms with van der Waals surface area (Å²) in [5, 5.41) is 5.74. The highest BCUT2D eigenvalue weighted by Crippen LogP contribution is 2.24. The molecule has 0 saturated carbocycles. The van der Waals surface area contributed by atoms with Gasteiger partial charge in [0.1, 0.15) is 5.82 Å². The van der Waals surface area contributed by atoms with Crippen molar-refractivity contribution in [3.8, 4) is 0 Å². The molecule has 0 unspecified atom stereocenters. The first-order valence-electron chi connectivity index (χ1n) is 9.82. The van der Waals surface area contributed by atoms with E-state index in [9.17, 15) is 9.59 Å². The number of carbonyl (C=O) groups excluding carboxylic acids is 2. The van der Waals surface area contributed by atoms with Crippen molar-refractivity contribution >= 4 is 17.6 Å². The predicted molar refractivity (Wildman–Crippen MR) is 107 cm³/mol. The minimum absolute atomic E-state index is 0.121. The first-order chi connectivity index (χ1) is 13.5. The molecule has 0 bridgehead atoms. The molecule has 2 heterocycles. The van der Waals surface area contributed by atoms with Crippen molar-refractivity contribution in [2.45, 2.75) is 39.5 Å². The number of rotatable bonds is 5. The molecule has 1 aromatic heterocycles. The average molecular weight is 379 g/mol. The fourth-order valence-corrected chi connectivity index (χ4v) is 3.93. The molecule has 28 heavy (non-hydrogen) atoms. The van der Waals surface area contributed by atoms with Crippen LogP contribution in [-0.4, -0.2) is 41.5 Å². The van der Waals surface area contributed by atoms with Gasteiger partial charge < -0.3 is 10.6 Å². The SMILES string of the molecule is Cc1ccc(C(=O)NCCc2nc(C)c3c(n2)CCC3)cc1N1CCNC1=O. The van der Waals surface area contributed by atoms with Crippen molar-refractivity contribution in [2.75, 3.05) is 24.5 Å². The number of hydrogen-bond acceptors (Lipinski definition) is 4. The fraction of sp³-hybridized carbons (Fsp3) is 0.429. The third kappa shape index (κ3) is 3.56. The molecule has 1 saturated heterocycles. The van der Waals surface area contributed by atoms with Crippen molar-refractivity contribution in [1.82, 2.24) is 20.6 Å². The molecule has 0 radical (unpaired) electrons. The minimum Gasteiger partial charge on any atom is -0.352 e. The fourth-order valence-electron chi connectivity index (χ4n) is 3.93. The van der Waals surface area contributed by atoms with Crippen LogP contribution < -0.4 is 15.5 Å². The van der Waals surface area contributed by atoms with E-state index in [0.717, 1.165) is 42.0 Å². The maximum absolute atomic E-state index is 12.6. The van der Waals surface area contributed by atoms with E-state index in [1.807, 2.05) is 19.9 Å². The number of hydrogen-bond donors (Lipinski definition) is 2. The normalized spacial score (nSPS) is 15.5. The highest BCUT2D eigenvalue weighted by Gasteiger charge is 2.23. The van der Waals surface area contributed by atoms with Crippen LogP contribution in [0.25, 0.3) is 0 Å². The van der Waals surface area contributed by atoms with Gasteiger partial charge in [-0.2, -0.15) is 0 Å². The van der Waals surface area contributed by atoms with Gasteiger partial charge in [0.25, 0.3) is 5.91 Å². The number of anilines is 1. The lowest BCUT2D eigenvalue weighted by atomic mass is 10.1. The van der Waals surface area contributed by atoms with Gasteiger partial charge in [0, 0.05) is 48.7 Å². The van der Waals surface area contributed by atoms with Crippen molar-refractivity contribution in [3.63, 3.8) is 0 Å². The Hall–Kier alpha value is -2.96. The molecule has 2 N–H and O–H groups in total. The summed E-state index contributed by atoms with van der Waals surface area (Å²) in [6.07, 6.45) is 3.85. The van der Waals surface area contributed by atoms with E-state index >= 15 is 0 Å². The molecule has 2 aromatic rings. The Balaban J connectivity index is 1.40. The molecule has 7 heteroatoms. The zero-order valence-electron chi connectivity index (χ0n) is 16.3. The highest BCUT2D eigenvalue weighted by atomic mass is 16.2. The number of aryl methyl sites for hydroxylation is 3. The van der Waals surface area contributed by atoms with Gasteiger partial charge in [0.2, 0.25) is 0 Å². The maximum Gasteiger partial charge on any atom is 0.322 e. The smallest absolute Gasteiger partial charge is 0.322 e. The van der Waals surface area contributed by atoms with Crippen LogP contribution in [0.2, 0.25) is 0 Å². The number of nitrogens with zero attached hydrogens (tertiary/aromatic N) is 3. The van der Waals surface area contributed by atoms with Crippen LogP contribution in [0.3, 0.4) is 0 Å². The molecule has 4 rings (SSSR count). The van der Waals surface area contributed by atoms with E-state index in [4.69, 9.17) is 0 Å². The van der Waals surface area contributed by atoms with Crippen LogP contribution >= 0.6 is 0 Å². The molecular weight excluding hydrogens is 354 g/mol. The molecule has 146 valence electrons. The van der Waals surface area contributed by atoms with E-state index in [2.05, 4.69) is 20.6 Å². The van der Waals surface area contributed by atoms with Crippen LogP contribution in [0.4, 0.5) is 10.5 Å². The highest BCUT2D eigenvalue weighted by molar-refractivity contribution is 5.99. The first kappa shape index (κ1) is 18.4. The molecule has 0 spiro atoms. The predicted octanol–water partition coefficient (Wildman–Crippen LogP) is 2.08. The van der Waals surface area contributed by atoms with E-state index in [-0.39, 0.29) is 11.9 Å². The van der Waals surface area contributed by atoms with Gasteiger partial charge in [-0.1, -0.05) is 6.07 Å². The van der Waals surface area contributed by atoms with Crippen LogP contribution in [0.15, 0.2) is 18.2 Å². The molecule has 0 atom stereocenters. The third-order valence-corrected chi connectivity index (χ3v) is 5.44. The van der Waals surface area contributed by atoms with Crippen molar-refractivity contribution in [2.24, 2.45) is 0 Å². The van der Waals surface area contributed by atoms with Crippen LogP contribution in [0, 0.1) is 13.8 Å². The Bertz CT molecular complexity index is 941. The lowest BCUT2D eigenvalue weighted by molar-refractivity contribution is 0.0954. The minimum atomic E-state index is -0.154. The number of aromatic nitrogens is 2. The Morgan fingerprint density at radius 3 is 2.89 bits per heavy atom. The Morgan fingerprint density at radius 1 is 1.25 bits per heavy atom. The summed E-state index contributed by atoms with van der Waals surface area (Å²) in [6, 6.07) is 5.33. The third-order valence-electron chi connectivity index (χ3n) is 5.44. The Kier molecular flexibility index (Phi) is 4.98. The molecule has 1 aromatic carbocycles. The summed E-state index contributed by atoms with van der Waals surface area (Å²) in [4.78, 5) is 35.4. The quantitative estimate of drug-likeness (QED) is 0.833. The van der Waals surface area contributed by atoms with E-state index < -0.39 is 0 Å².